The van der Waals surface area contributed by atoms with Gasteiger partial charge < -0.3 is 9.88 Å². The fraction of sp³-hybridized carbons (Fsp3) is 0.429. The normalized spacial score (nSPS) is 11.0. The summed E-state index contributed by atoms with van der Waals surface area (Å²) in [6.45, 7) is 11.0. The molecule has 1 aromatic heterocycles. The number of aryl methyl sites for hydroxylation is 1. The summed E-state index contributed by atoms with van der Waals surface area (Å²) in [5.74, 6) is 1.12. The van der Waals surface area contributed by atoms with Crippen molar-refractivity contribution in [3.05, 3.63) is 47.3 Å². The van der Waals surface area contributed by atoms with Gasteiger partial charge in [-0.15, -0.1) is 11.8 Å². The molecule has 0 unspecified atom stereocenters. The van der Waals surface area contributed by atoms with Crippen LogP contribution in [0.4, 0.5) is 5.69 Å². The topological polar surface area (TPSA) is 51.1 Å². The summed E-state index contributed by atoms with van der Waals surface area (Å²) in [7, 11) is 0. The van der Waals surface area contributed by atoms with E-state index in [0.29, 0.717) is 11.7 Å². The first-order valence-corrected chi connectivity index (χ1v) is 9.97. The van der Waals surface area contributed by atoms with Gasteiger partial charge >= 0.3 is 0 Å². The molecule has 0 fully saturated rings. The maximum atomic E-state index is 12.7. The molecule has 0 saturated heterocycles. The Morgan fingerprint density at radius 1 is 1.15 bits per heavy atom. The maximum absolute atomic E-state index is 12.7. The Kier molecular flexibility index (Phi) is 7.09. The van der Waals surface area contributed by atoms with Crippen LogP contribution in [0, 0.1) is 19.8 Å². The molecule has 0 atom stereocenters. The van der Waals surface area contributed by atoms with Gasteiger partial charge in [0.25, 0.3) is 0 Å². The van der Waals surface area contributed by atoms with Crippen molar-refractivity contribution in [2.24, 2.45) is 5.92 Å². The third-order valence-electron chi connectivity index (χ3n) is 4.35. The number of aromatic nitrogens is 1. The van der Waals surface area contributed by atoms with Gasteiger partial charge in [0.1, 0.15) is 0 Å². The molecule has 0 aliphatic carbocycles. The predicted octanol–water partition coefficient (Wildman–Crippen LogP) is 5.08. The second-order valence-electron chi connectivity index (χ2n) is 7.04. The Balaban J connectivity index is 1.99. The van der Waals surface area contributed by atoms with Crippen LogP contribution in [-0.4, -0.2) is 22.0 Å². The number of nitrogens with zero attached hydrogens (tertiary/aromatic N) is 1. The van der Waals surface area contributed by atoms with E-state index < -0.39 is 0 Å². The summed E-state index contributed by atoms with van der Waals surface area (Å²) in [6.07, 6.45) is 1.11. The highest BCUT2D eigenvalue weighted by Gasteiger charge is 2.16. The van der Waals surface area contributed by atoms with Crippen molar-refractivity contribution < 1.29 is 9.59 Å². The summed E-state index contributed by atoms with van der Waals surface area (Å²) < 4.78 is 2.25. The van der Waals surface area contributed by atoms with E-state index in [1.54, 1.807) is 0 Å². The van der Waals surface area contributed by atoms with Gasteiger partial charge in [0.15, 0.2) is 5.78 Å². The molecule has 2 rings (SSSR count). The second kappa shape index (κ2) is 9.08. The van der Waals surface area contributed by atoms with Crippen LogP contribution in [0.1, 0.15) is 48.9 Å². The number of benzene rings is 1. The summed E-state index contributed by atoms with van der Waals surface area (Å²) in [5.41, 5.74) is 3.81. The molecule has 1 aromatic carbocycles. The molecular formula is C21H28N2O2S. The van der Waals surface area contributed by atoms with Crippen LogP contribution in [0.15, 0.2) is 35.2 Å². The number of rotatable bonds is 8. The highest BCUT2D eigenvalue weighted by molar-refractivity contribution is 8.00. The summed E-state index contributed by atoms with van der Waals surface area (Å²) in [5, 5.41) is 2.74. The number of nitrogens with one attached hydrogen (secondary N) is 1. The van der Waals surface area contributed by atoms with Crippen molar-refractivity contribution in [2.45, 2.75) is 52.5 Å². The minimum Gasteiger partial charge on any atom is -0.348 e. The summed E-state index contributed by atoms with van der Waals surface area (Å²) >= 11 is 1.52. The Labute approximate surface area is 160 Å². The molecule has 26 heavy (non-hydrogen) atoms. The molecule has 0 aliphatic heterocycles. The van der Waals surface area contributed by atoms with Gasteiger partial charge in [0, 0.05) is 41.0 Å². The molecule has 0 spiro atoms. The lowest BCUT2D eigenvalue weighted by Crippen LogP contribution is -2.08. The van der Waals surface area contributed by atoms with Gasteiger partial charge in [-0.2, -0.15) is 0 Å². The Morgan fingerprint density at radius 3 is 2.38 bits per heavy atom. The molecule has 1 heterocycles. The number of thioether (sulfide) groups is 1. The second-order valence-corrected chi connectivity index (χ2v) is 8.09. The van der Waals surface area contributed by atoms with E-state index in [0.717, 1.165) is 40.5 Å². The number of hydrogen-bond donors (Lipinski definition) is 1. The number of carbonyl (C=O) groups excluding carboxylic acids is 2. The summed E-state index contributed by atoms with van der Waals surface area (Å²) in [4.78, 5) is 24.7. The molecule has 4 nitrogen and oxygen atoms in total. The smallest absolute Gasteiger partial charge is 0.221 e. The maximum Gasteiger partial charge on any atom is 0.221 e. The number of anilines is 1. The van der Waals surface area contributed by atoms with E-state index in [1.807, 2.05) is 37.3 Å². The molecular weight excluding hydrogens is 344 g/mol. The molecule has 1 N–H and O–H groups in total. The van der Waals surface area contributed by atoms with Crippen LogP contribution in [0.25, 0.3) is 0 Å². The molecule has 0 bridgehead atoms. The van der Waals surface area contributed by atoms with E-state index in [1.165, 1.54) is 18.7 Å². The molecule has 140 valence electrons. The SMILES string of the molecule is CC(=O)Nc1ccc(SCC(=O)c2cc(C)n(CCC(C)C)c2C)cc1. The third-order valence-corrected chi connectivity index (χ3v) is 5.36. The quantitative estimate of drug-likeness (QED) is 0.519. The minimum atomic E-state index is -0.0894. The zero-order valence-corrected chi connectivity index (χ0v) is 17.1. The lowest BCUT2D eigenvalue weighted by atomic mass is 10.1. The highest BCUT2D eigenvalue weighted by atomic mass is 32.2. The van der Waals surface area contributed by atoms with E-state index in [2.05, 4.69) is 30.7 Å². The van der Waals surface area contributed by atoms with Crippen molar-refractivity contribution in [3.63, 3.8) is 0 Å². The zero-order chi connectivity index (χ0) is 19.3. The number of carbonyl (C=O) groups is 2. The molecule has 2 aromatic rings. The molecule has 5 heteroatoms. The Bertz CT molecular complexity index is 776. The Hall–Kier alpha value is -2.01. The number of Topliss-reactive ketones (excluding diaryl/α,β-unsaturated/α-hetero) is 1. The average Bonchev–Trinajstić information content (AvgIpc) is 2.86. The van der Waals surface area contributed by atoms with Crippen molar-refractivity contribution >= 4 is 29.1 Å². The van der Waals surface area contributed by atoms with Crippen LogP contribution in [0.5, 0.6) is 0 Å². The lowest BCUT2D eigenvalue weighted by Gasteiger charge is -2.11. The van der Waals surface area contributed by atoms with Crippen LogP contribution in [-0.2, 0) is 11.3 Å². The van der Waals surface area contributed by atoms with Crippen LogP contribution >= 0.6 is 11.8 Å². The van der Waals surface area contributed by atoms with Gasteiger partial charge in [-0.25, -0.2) is 0 Å². The predicted molar refractivity (Wildman–Crippen MR) is 109 cm³/mol. The fourth-order valence-electron chi connectivity index (χ4n) is 2.88. The van der Waals surface area contributed by atoms with Gasteiger partial charge in [-0.3, -0.25) is 9.59 Å². The van der Waals surface area contributed by atoms with Crippen LogP contribution in [0.3, 0.4) is 0 Å². The summed E-state index contributed by atoms with van der Waals surface area (Å²) in [6, 6.07) is 9.57. The lowest BCUT2D eigenvalue weighted by molar-refractivity contribution is -0.114. The van der Waals surface area contributed by atoms with E-state index in [4.69, 9.17) is 0 Å². The van der Waals surface area contributed by atoms with E-state index >= 15 is 0 Å². The van der Waals surface area contributed by atoms with E-state index in [9.17, 15) is 9.59 Å². The average molecular weight is 373 g/mol. The number of hydrogen-bond acceptors (Lipinski definition) is 3. The molecule has 0 saturated carbocycles. The fourth-order valence-corrected chi connectivity index (χ4v) is 3.66. The van der Waals surface area contributed by atoms with Gasteiger partial charge in [0.2, 0.25) is 5.91 Å². The first-order valence-electron chi connectivity index (χ1n) is 8.98. The molecule has 1 amide bonds. The highest BCUT2D eigenvalue weighted by Crippen LogP contribution is 2.24. The van der Waals surface area contributed by atoms with Crippen LogP contribution in [0.2, 0.25) is 0 Å². The van der Waals surface area contributed by atoms with Gasteiger partial charge in [0.05, 0.1) is 5.75 Å². The zero-order valence-electron chi connectivity index (χ0n) is 16.3. The third kappa shape index (κ3) is 5.49. The van der Waals surface area contributed by atoms with Gasteiger partial charge in [-0.1, -0.05) is 13.8 Å². The standard InChI is InChI=1S/C21H28N2O2S/c1-14(2)10-11-23-15(3)12-20(16(23)4)21(25)13-26-19-8-6-18(7-9-19)22-17(5)24/h6-9,12,14H,10-11,13H2,1-5H3,(H,22,24). The van der Waals surface area contributed by atoms with Crippen molar-refractivity contribution in [3.8, 4) is 0 Å². The van der Waals surface area contributed by atoms with Crippen molar-refractivity contribution in [1.82, 2.24) is 4.57 Å². The number of ketones is 1. The Morgan fingerprint density at radius 2 is 1.81 bits per heavy atom. The first kappa shape index (κ1) is 20.3. The van der Waals surface area contributed by atoms with Crippen molar-refractivity contribution in [2.75, 3.05) is 11.1 Å². The molecule has 0 aliphatic rings. The molecule has 0 radical (unpaired) electrons. The minimum absolute atomic E-state index is 0.0894. The van der Waals surface area contributed by atoms with Crippen molar-refractivity contribution in [1.29, 1.82) is 0 Å². The monoisotopic (exact) mass is 372 g/mol. The van der Waals surface area contributed by atoms with Gasteiger partial charge in [-0.05, 0) is 56.5 Å². The van der Waals surface area contributed by atoms with E-state index in [-0.39, 0.29) is 11.7 Å². The first-order chi connectivity index (χ1) is 12.3. The largest absolute Gasteiger partial charge is 0.348 e. The van der Waals surface area contributed by atoms with Crippen LogP contribution < -0.4 is 5.32 Å². The number of amides is 1.